The number of alkyl carbamates (subject to hydrolysis) is 1. The summed E-state index contributed by atoms with van der Waals surface area (Å²) in [7, 11) is 1.28. The molecule has 0 unspecified atom stereocenters. The van der Waals surface area contributed by atoms with Crippen LogP contribution in [0.5, 0.6) is 0 Å². The molecule has 2 rings (SSSR count). The van der Waals surface area contributed by atoms with E-state index in [-0.39, 0.29) is 12.5 Å². The fourth-order valence-electron chi connectivity index (χ4n) is 2.41. The number of hydrogen-bond donors (Lipinski definition) is 1. The molecule has 1 aliphatic heterocycles. The lowest BCUT2D eigenvalue weighted by molar-refractivity contribution is -0.131. The highest BCUT2D eigenvalue weighted by atomic mass is 16.5. The summed E-state index contributed by atoms with van der Waals surface area (Å²) in [6.07, 6.45) is 3.67. The molecule has 23 heavy (non-hydrogen) atoms. The van der Waals surface area contributed by atoms with Crippen molar-refractivity contribution in [2.24, 2.45) is 0 Å². The van der Waals surface area contributed by atoms with Crippen LogP contribution in [0.2, 0.25) is 0 Å². The van der Waals surface area contributed by atoms with E-state index in [1.54, 1.807) is 4.90 Å². The molecule has 0 aromatic heterocycles. The maximum atomic E-state index is 11.9. The van der Waals surface area contributed by atoms with Crippen LogP contribution in [0, 0.1) is 0 Å². The van der Waals surface area contributed by atoms with Gasteiger partial charge in [-0.25, -0.2) is 4.79 Å². The second-order valence-electron chi connectivity index (χ2n) is 5.34. The third kappa shape index (κ3) is 5.75. The first-order chi connectivity index (χ1) is 11.2. The van der Waals surface area contributed by atoms with Crippen LogP contribution in [0.25, 0.3) is 6.08 Å². The van der Waals surface area contributed by atoms with Crippen molar-refractivity contribution in [3.8, 4) is 0 Å². The lowest BCUT2D eigenvalue weighted by atomic mass is 10.2. The third-order valence-corrected chi connectivity index (χ3v) is 3.77. The van der Waals surface area contributed by atoms with Crippen LogP contribution in [-0.4, -0.2) is 68.2 Å². The average molecular weight is 317 g/mol. The van der Waals surface area contributed by atoms with Gasteiger partial charge in [-0.15, -0.1) is 0 Å². The van der Waals surface area contributed by atoms with E-state index in [1.165, 1.54) is 12.7 Å². The van der Waals surface area contributed by atoms with Crippen LogP contribution in [0.1, 0.15) is 5.56 Å². The Labute approximate surface area is 136 Å². The largest absolute Gasteiger partial charge is 0.453 e. The average Bonchev–Trinajstić information content (AvgIpc) is 2.61. The predicted molar refractivity (Wildman–Crippen MR) is 88.9 cm³/mol. The van der Waals surface area contributed by atoms with E-state index in [2.05, 4.69) is 39.2 Å². The maximum Gasteiger partial charge on any atom is 0.407 e. The minimum absolute atomic E-state index is 0.0133. The highest BCUT2D eigenvalue weighted by Crippen LogP contribution is 2.04. The fraction of sp³-hybridized carbons (Fsp3) is 0.412. The lowest BCUT2D eigenvalue weighted by Crippen LogP contribution is -2.51. The zero-order chi connectivity index (χ0) is 16.5. The molecule has 0 saturated carbocycles. The van der Waals surface area contributed by atoms with Crippen molar-refractivity contribution in [3.05, 3.63) is 42.0 Å². The summed E-state index contributed by atoms with van der Waals surface area (Å²) in [6.45, 7) is 3.89. The van der Waals surface area contributed by atoms with Crippen molar-refractivity contribution in [1.82, 2.24) is 15.1 Å². The molecule has 0 bridgehead atoms. The maximum absolute atomic E-state index is 11.9. The monoisotopic (exact) mass is 317 g/mol. The summed E-state index contributed by atoms with van der Waals surface area (Å²) in [5.74, 6) is -0.0742. The van der Waals surface area contributed by atoms with Crippen LogP contribution in [0.3, 0.4) is 0 Å². The number of nitrogens with one attached hydrogen (secondary N) is 1. The number of hydrogen-bond acceptors (Lipinski definition) is 4. The molecule has 0 radical (unpaired) electrons. The first-order valence-electron chi connectivity index (χ1n) is 7.72. The fourth-order valence-corrected chi connectivity index (χ4v) is 2.41. The summed E-state index contributed by atoms with van der Waals surface area (Å²) < 4.78 is 4.45. The topological polar surface area (TPSA) is 61.9 Å². The molecule has 1 aromatic rings. The molecular formula is C17H23N3O3. The van der Waals surface area contributed by atoms with E-state index in [0.29, 0.717) is 13.1 Å². The van der Waals surface area contributed by atoms with Gasteiger partial charge in [-0.1, -0.05) is 42.5 Å². The molecule has 0 aliphatic carbocycles. The van der Waals surface area contributed by atoms with Gasteiger partial charge in [0.1, 0.15) is 6.54 Å². The van der Waals surface area contributed by atoms with Crippen LogP contribution in [-0.2, 0) is 9.53 Å². The van der Waals surface area contributed by atoms with E-state index in [9.17, 15) is 9.59 Å². The Hall–Kier alpha value is -2.34. The standard InChI is InChI=1S/C17H23N3O3/c1-23-17(22)18-14-16(21)20-12-10-19(11-13-20)9-5-8-15-6-3-2-4-7-15/h2-8H,9-14H2,1H3,(H,18,22)/b8-5+. The van der Waals surface area contributed by atoms with E-state index in [0.717, 1.165) is 19.6 Å². The molecule has 1 heterocycles. The Balaban J connectivity index is 1.68. The Morgan fingerprint density at radius 1 is 1.17 bits per heavy atom. The minimum atomic E-state index is -0.581. The number of ether oxygens (including phenoxy) is 1. The van der Waals surface area contributed by atoms with E-state index >= 15 is 0 Å². The zero-order valence-electron chi connectivity index (χ0n) is 13.4. The molecule has 1 N–H and O–H groups in total. The first kappa shape index (κ1) is 17.0. The summed E-state index contributed by atoms with van der Waals surface area (Å²) >= 11 is 0. The van der Waals surface area contributed by atoms with Gasteiger partial charge in [0.15, 0.2) is 0 Å². The van der Waals surface area contributed by atoms with Gasteiger partial charge in [0.2, 0.25) is 5.91 Å². The second kappa shape index (κ2) is 8.95. The molecule has 1 saturated heterocycles. The summed E-state index contributed by atoms with van der Waals surface area (Å²) in [5, 5.41) is 2.42. The van der Waals surface area contributed by atoms with Crippen molar-refractivity contribution < 1.29 is 14.3 Å². The number of rotatable bonds is 5. The van der Waals surface area contributed by atoms with Crippen molar-refractivity contribution in [2.45, 2.75) is 0 Å². The molecule has 2 amide bonds. The second-order valence-corrected chi connectivity index (χ2v) is 5.34. The number of nitrogens with zero attached hydrogens (tertiary/aromatic N) is 2. The Morgan fingerprint density at radius 3 is 2.52 bits per heavy atom. The predicted octanol–water partition coefficient (Wildman–Crippen LogP) is 1.20. The van der Waals surface area contributed by atoms with Gasteiger partial charge >= 0.3 is 6.09 Å². The van der Waals surface area contributed by atoms with Gasteiger partial charge in [-0.05, 0) is 5.56 Å². The quantitative estimate of drug-likeness (QED) is 0.886. The van der Waals surface area contributed by atoms with Crippen molar-refractivity contribution in [3.63, 3.8) is 0 Å². The van der Waals surface area contributed by atoms with Crippen LogP contribution in [0.4, 0.5) is 4.79 Å². The molecule has 6 nitrogen and oxygen atoms in total. The van der Waals surface area contributed by atoms with Crippen molar-refractivity contribution in [2.75, 3.05) is 46.4 Å². The summed E-state index contributed by atoms with van der Waals surface area (Å²) in [5.41, 5.74) is 1.19. The minimum Gasteiger partial charge on any atom is -0.453 e. The molecule has 1 fully saturated rings. The van der Waals surface area contributed by atoms with E-state index < -0.39 is 6.09 Å². The number of methoxy groups -OCH3 is 1. The summed E-state index contributed by atoms with van der Waals surface area (Å²) in [4.78, 5) is 27.0. The molecule has 0 spiro atoms. The molecule has 124 valence electrons. The van der Waals surface area contributed by atoms with E-state index in [4.69, 9.17) is 0 Å². The molecule has 1 aliphatic rings. The van der Waals surface area contributed by atoms with Crippen molar-refractivity contribution >= 4 is 18.1 Å². The van der Waals surface area contributed by atoms with Gasteiger partial charge < -0.3 is 15.0 Å². The Morgan fingerprint density at radius 2 is 1.87 bits per heavy atom. The first-order valence-corrected chi connectivity index (χ1v) is 7.72. The third-order valence-electron chi connectivity index (χ3n) is 3.77. The van der Waals surface area contributed by atoms with E-state index in [1.807, 2.05) is 18.2 Å². The molecule has 0 atom stereocenters. The number of benzene rings is 1. The van der Waals surface area contributed by atoms with Gasteiger partial charge in [-0.3, -0.25) is 9.69 Å². The number of carbonyl (C=O) groups excluding carboxylic acids is 2. The molecular weight excluding hydrogens is 294 g/mol. The van der Waals surface area contributed by atoms with Gasteiger partial charge in [0.05, 0.1) is 7.11 Å². The number of amides is 2. The highest BCUT2D eigenvalue weighted by Gasteiger charge is 2.20. The highest BCUT2D eigenvalue weighted by molar-refractivity contribution is 5.82. The number of carbonyl (C=O) groups is 2. The van der Waals surface area contributed by atoms with Crippen LogP contribution in [0.15, 0.2) is 36.4 Å². The van der Waals surface area contributed by atoms with Crippen LogP contribution < -0.4 is 5.32 Å². The van der Waals surface area contributed by atoms with Crippen molar-refractivity contribution in [1.29, 1.82) is 0 Å². The normalized spacial score (nSPS) is 15.6. The Bertz CT molecular complexity index is 537. The SMILES string of the molecule is COC(=O)NCC(=O)N1CCN(C/C=C/c2ccccc2)CC1. The smallest absolute Gasteiger partial charge is 0.407 e. The van der Waals surface area contributed by atoms with Crippen LogP contribution >= 0.6 is 0 Å². The number of piperazine rings is 1. The zero-order valence-corrected chi connectivity index (χ0v) is 13.4. The summed E-state index contributed by atoms with van der Waals surface area (Å²) in [6, 6.07) is 10.2. The molecule has 1 aromatic carbocycles. The Kier molecular flexibility index (Phi) is 6.62. The van der Waals surface area contributed by atoms with Gasteiger partial charge in [0, 0.05) is 32.7 Å². The van der Waals surface area contributed by atoms with Gasteiger partial charge in [0.25, 0.3) is 0 Å². The van der Waals surface area contributed by atoms with Gasteiger partial charge in [-0.2, -0.15) is 0 Å². The molecule has 6 heteroatoms. The lowest BCUT2D eigenvalue weighted by Gasteiger charge is -2.34.